The maximum atomic E-state index is 13.5. The number of anilines is 2. The zero-order chi connectivity index (χ0) is 19.5. The van der Waals surface area contributed by atoms with E-state index < -0.39 is 10.0 Å². The topological polar surface area (TPSA) is 66.5 Å². The van der Waals surface area contributed by atoms with Crippen LogP contribution in [0.1, 0.15) is 43.7 Å². The molecule has 3 aliphatic rings. The van der Waals surface area contributed by atoms with E-state index in [0.717, 1.165) is 48.1 Å². The first-order valence-corrected chi connectivity index (χ1v) is 11.2. The van der Waals surface area contributed by atoms with Crippen LogP contribution in [0.4, 0.5) is 11.4 Å². The van der Waals surface area contributed by atoms with E-state index in [2.05, 4.69) is 5.32 Å². The lowest BCUT2D eigenvalue weighted by atomic mass is 10.00. The van der Waals surface area contributed by atoms with Gasteiger partial charge >= 0.3 is 0 Å². The van der Waals surface area contributed by atoms with E-state index >= 15 is 0 Å². The van der Waals surface area contributed by atoms with Crippen LogP contribution in [-0.4, -0.2) is 20.4 Å². The molecule has 1 unspecified atom stereocenters. The highest BCUT2D eigenvalue weighted by molar-refractivity contribution is 7.92. The standard InChI is InChI=1S/C22H22N2O3S/c1-14-12-16-8-4-5-9-20(16)24(14)28(26,27)17-10-11-19-18(13-17)21(22(25)23-19)15-6-2-3-7-15/h4-5,8-11,13-14H,2-3,6-7,12H2,1H3,(H,23,25). The number of nitrogens with one attached hydrogen (secondary N) is 1. The summed E-state index contributed by atoms with van der Waals surface area (Å²) in [6.45, 7) is 1.93. The van der Waals surface area contributed by atoms with Crippen molar-refractivity contribution in [3.05, 3.63) is 59.2 Å². The van der Waals surface area contributed by atoms with Gasteiger partial charge in [-0.25, -0.2) is 8.42 Å². The number of amides is 1. The summed E-state index contributed by atoms with van der Waals surface area (Å²) >= 11 is 0. The molecule has 5 nitrogen and oxygen atoms in total. The van der Waals surface area contributed by atoms with Crippen molar-refractivity contribution < 1.29 is 13.2 Å². The number of nitrogens with zero attached hydrogens (tertiary/aromatic N) is 1. The molecule has 1 atom stereocenters. The highest BCUT2D eigenvalue weighted by atomic mass is 32.2. The van der Waals surface area contributed by atoms with Crippen LogP contribution in [0.25, 0.3) is 5.57 Å². The van der Waals surface area contributed by atoms with Crippen LogP contribution in [0.3, 0.4) is 0 Å². The fourth-order valence-electron chi connectivity index (χ4n) is 4.73. The molecule has 5 rings (SSSR count). The molecule has 2 aliphatic heterocycles. The molecule has 0 bridgehead atoms. The molecule has 0 radical (unpaired) electrons. The minimum absolute atomic E-state index is 0.110. The number of benzene rings is 2. The molecule has 144 valence electrons. The van der Waals surface area contributed by atoms with Gasteiger partial charge in [-0.1, -0.05) is 23.8 Å². The molecule has 1 amide bonds. The van der Waals surface area contributed by atoms with Gasteiger partial charge in [0.2, 0.25) is 0 Å². The fraction of sp³-hybridized carbons (Fsp3) is 0.318. The van der Waals surface area contributed by atoms with Crippen LogP contribution < -0.4 is 9.62 Å². The highest BCUT2D eigenvalue weighted by Gasteiger charge is 2.37. The van der Waals surface area contributed by atoms with Crippen molar-refractivity contribution in [1.82, 2.24) is 0 Å². The molecule has 0 spiro atoms. The Morgan fingerprint density at radius 2 is 1.82 bits per heavy atom. The molecule has 1 saturated carbocycles. The maximum absolute atomic E-state index is 13.5. The third-order valence-electron chi connectivity index (χ3n) is 6.00. The Morgan fingerprint density at radius 1 is 1.07 bits per heavy atom. The van der Waals surface area contributed by atoms with Crippen molar-refractivity contribution in [3.8, 4) is 0 Å². The van der Waals surface area contributed by atoms with Gasteiger partial charge in [0, 0.05) is 22.9 Å². The number of para-hydroxylation sites is 1. The van der Waals surface area contributed by atoms with Crippen LogP contribution in [0.2, 0.25) is 0 Å². The molecule has 2 aromatic carbocycles. The van der Waals surface area contributed by atoms with Gasteiger partial charge in [0.1, 0.15) is 0 Å². The molecular weight excluding hydrogens is 372 g/mol. The van der Waals surface area contributed by atoms with Crippen molar-refractivity contribution >= 4 is 32.9 Å². The SMILES string of the molecule is CC1Cc2ccccc2N1S(=O)(=O)c1ccc2c(c1)C(=C1CCCC1)C(=O)N2. The van der Waals surface area contributed by atoms with Crippen LogP contribution in [0.5, 0.6) is 0 Å². The van der Waals surface area contributed by atoms with Crippen molar-refractivity contribution in [2.45, 2.75) is 50.0 Å². The number of hydrogen-bond acceptors (Lipinski definition) is 3. The van der Waals surface area contributed by atoms with Crippen molar-refractivity contribution in [3.63, 3.8) is 0 Å². The van der Waals surface area contributed by atoms with Gasteiger partial charge in [-0.2, -0.15) is 0 Å². The molecular formula is C22H22N2O3S. The summed E-state index contributed by atoms with van der Waals surface area (Å²) in [5.74, 6) is -0.110. The molecule has 28 heavy (non-hydrogen) atoms. The maximum Gasteiger partial charge on any atom is 0.264 e. The van der Waals surface area contributed by atoms with Crippen LogP contribution >= 0.6 is 0 Å². The predicted octanol–water partition coefficient (Wildman–Crippen LogP) is 4.11. The van der Waals surface area contributed by atoms with E-state index in [1.165, 1.54) is 4.31 Å². The second-order valence-electron chi connectivity index (χ2n) is 7.83. The summed E-state index contributed by atoms with van der Waals surface area (Å²) in [5.41, 5.74) is 5.05. The number of hydrogen-bond donors (Lipinski definition) is 1. The number of carbonyl (C=O) groups excluding carboxylic acids is 1. The molecule has 1 aliphatic carbocycles. The summed E-state index contributed by atoms with van der Waals surface area (Å²) in [4.78, 5) is 12.8. The summed E-state index contributed by atoms with van der Waals surface area (Å²) in [6.07, 6.45) is 4.70. The van der Waals surface area contributed by atoms with Gasteiger partial charge in [-0.3, -0.25) is 9.10 Å². The van der Waals surface area contributed by atoms with E-state index in [1.807, 2.05) is 31.2 Å². The lowest BCUT2D eigenvalue weighted by Gasteiger charge is -2.24. The minimum atomic E-state index is -3.72. The summed E-state index contributed by atoms with van der Waals surface area (Å²) < 4.78 is 28.6. The van der Waals surface area contributed by atoms with Gasteiger partial charge in [0.25, 0.3) is 15.9 Å². The zero-order valence-corrected chi connectivity index (χ0v) is 16.6. The van der Waals surface area contributed by atoms with Gasteiger partial charge in [-0.15, -0.1) is 0 Å². The fourth-order valence-corrected chi connectivity index (χ4v) is 6.45. The second-order valence-corrected chi connectivity index (χ2v) is 9.64. The average Bonchev–Trinajstić information content (AvgIpc) is 3.36. The van der Waals surface area contributed by atoms with Crippen molar-refractivity contribution in [2.75, 3.05) is 9.62 Å². The van der Waals surface area contributed by atoms with E-state index in [9.17, 15) is 13.2 Å². The van der Waals surface area contributed by atoms with E-state index in [1.54, 1.807) is 18.2 Å². The Hall–Kier alpha value is -2.60. The molecule has 2 heterocycles. The minimum Gasteiger partial charge on any atom is -0.321 e. The van der Waals surface area contributed by atoms with Crippen LogP contribution in [-0.2, 0) is 21.2 Å². The quantitative estimate of drug-likeness (QED) is 0.780. The van der Waals surface area contributed by atoms with Crippen LogP contribution in [0, 0.1) is 0 Å². The third-order valence-corrected chi connectivity index (χ3v) is 7.92. The van der Waals surface area contributed by atoms with E-state index in [4.69, 9.17) is 0 Å². The van der Waals surface area contributed by atoms with Crippen molar-refractivity contribution in [2.24, 2.45) is 0 Å². The summed E-state index contributed by atoms with van der Waals surface area (Å²) in [6, 6.07) is 12.5. The molecule has 0 aromatic heterocycles. The Balaban J connectivity index is 1.62. The van der Waals surface area contributed by atoms with Gasteiger partial charge < -0.3 is 5.32 Å². The predicted molar refractivity (Wildman–Crippen MR) is 110 cm³/mol. The average molecular weight is 394 g/mol. The van der Waals surface area contributed by atoms with Gasteiger partial charge in [-0.05, 0) is 68.9 Å². The van der Waals surface area contributed by atoms with E-state index in [0.29, 0.717) is 17.7 Å². The highest BCUT2D eigenvalue weighted by Crippen LogP contribution is 2.42. The van der Waals surface area contributed by atoms with Crippen molar-refractivity contribution in [1.29, 1.82) is 0 Å². The smallest absolute Gasteiger partial charge is 0.264 e. The molecule has 1 N–H and O–H groups in total. The number of fused-ring (bicyclic) bond motifs is 2. The first-order valence-electron chi connectivity index (χ1n) is 9.77. The lowest BCUT2D eigenvalue weighted by Crippen LogP contribution is -2.35. The van der Waals surface area contributed by atoms with Crippen LogP contribution in [0.15, 0.2) is 52.9 Å². The second kappa shape index (κ2) is 6.21. The monoisotopic (exact) mass is 394 g/mol. The third kappa shape index (κ3) is 2.51. The Morgan fingerprint density at radius 3 is 2.61 bits per heavy atom. The Labute approximate surface area is 165 Å². The Kier molecular flexibility index (Phi) is 3.88. The zero-order valence-electron chi connectivity index (χ0n) is 15.7. The number of carbonyl (C=O) groups is 1. The number of allylic oxidation sites excluding steroid dienone is 1. The van der Waals surface area contributed by atoms with E-state index in [-0.39, 0.29) is 16.8 Å². The van der Waals surface area contributed by atoms with Gasteiger partial charge in [0.15, 0.2) is 0 Å². The van der Waals surface area contributed by atoms with Gasteiger partial charge in [0.05, 0.1) is 10.6 Å². The summed E-state index contributed by atoms with van der Waals surface area (Å²) in [5, 5.41) is 2.89. The normalized spacial score (nSPS) is 21.1. The Bertz CT molecular complexity index is 1130. The number of rotatable bonds is 2. The largest absolute Gasteiger partial charge is 0.321 e. The lowest BCUT2D eigenvalue weighted by molar-refractivity contribution is -0.110. The molecule has 2 aromatic rings. The molecule has 1 fully saturated rings. The first kappa shape index (κ1) is 17.5. The number of sulfonamides is 1. The summed E-state index contributed by atoms with van der Waals surface area (Å²) in [7, 11) is -3.72. The first-order chi connectivity index (χ1) is 13.5. The molecule has 6 heteroatoms. The molecule has 0 saturated heterocycles.